The molecule has 0 aliphatic heterocycles. The molecule has 2 rings (SSSR count). The van der Waals surface area contributed by atoms with Crippen molar-refractivity contribution in [2.45, 2.75) is 17.2 Å². The van der Waals surface area contributed by atoms with Gasteiger partial charge in [0.2, 0.25) is 0 Å². The number of hydrogen-bond donors (Lipinski definition) is 1. The molecule has 0 atom stereocenters. The Kier molecular flexibility index (Phi) is 5.65. The van der Waals surface area contributed by atoms with Crippen LogP contribution in [0.1, 0.15) is 0 Å². The van der Waals surface area contributed by atoms with Crippen LogP contribution < -0.4 is 10.1 Å². The van der Waals surface area contributed by atoms with Gasteiger partial charge in [0, 0.05) is 0 Å². The molecule has 0 aliphatic rings. The van der Waals surface area contributed by atoms with Crippen LogP contribution in [0.2, 0.25) is 0 Å². The smallest absolute Gasteiger partial charge is 0.425 e. The van der Waals surface area contributed by atoms with E-state index in [0.29, 0.717) is 11.1 Å². The molecule has 0 bridgehead atoms. The molecule has 27 heavy (non-hydrogen) atoms. The third kappa shape index (κ3) is 3.97. The van der Waals surface area contributed by atoms with E-state index in [2.05, 4.69) is 0 Å². The number of halogens is 7. The minimum absolute atomic E-state index is 0.133. The topological polar surface area (TPSA) is 38.3 Å². The lowest BCUT2D eigenvalue weighted by molar-refractivity contribution is -0.258. The summed E-state index contributed by atoms with van der Waals surface area (Å²) in [4.78, 5) is 6.80. The Morgan fingerprint density at radius 3 is 1.96 bits per heavy atom. The predicted octanol–water partition coefficient (Wildman–Crippen LogP) is 5.40. The van der Waals surface area contributed by atoms with E-state index in [-0.39, 0.29) is 11.4 Å². The van der Waals surface area contributed by atoms with E-state index in [1.54, 1.807) is 35.6 Å². The number of benzene rings is 2. The van der Waals surface area contributed by atoms with Crippen LogP contribution in [-0.4, -0.2) is 30.2 Å². The Hall–Kier alpha value is -2.42. The standard InChI is InChI=1S/C17H12ClF6NO2/c1-27-13-8-7-11(10-5-3-2-4-6-10)9-12(13)25-14(26)15(18,16(19,20)21)17(22,23)24/h2-9H,1H3,(H,25,26). The minimum Gasteiger partial charge on any atom is -0.495 e. The van der Waals surface area contributed by atoms with Gasteiger partial charge in [0.1, 0.15) is 5.75 Å². The highest BCUT2D eigenvalue weighted by Crippen LogP contribution is 2.49. The van der Waals surface area contributed by atoms with E-state index in [1.165, 1.54) is 18.2 Å². The molecule has 0 fully saturated rings. The first-order chi connectivity index (χ1) is 12.4. The molecular formula is C17H12ClF6NO2. The summed E-state index contributed by atoms with van der Waals surface area (Å²) in [6.07, 6.45) is -12.1. The van der Waals surface area contributed by atoms with Crippen LogP contribution in [-0.2, 0) is 4.79 Å². The lowest BCUT2D eigenvalue weighted by Crippen LogP contribution is -2.60. The summed E-state index contributed by atoms with van der Waals surface area (Å²) >= 11 is 4.74. The second-order valence-corrected chi connectivity index (χ2v) is 5.96. The van der Waals surface area contributed by atoms with Gasteiger partial charge >= 0.3 is 17.2 Å². The van der Waals surface area contributed by atoms with E-state index in [4.69, 9.17) is 16.3 Å². The van der Waals surface area contributed by atoms with Crippen LogP contribution >= 0.6 is 11.6 Å². The van der Waals surface area contributed by atoms with E-state index < -0.39 is 23.1 Å². The largest absolute Gasteiger partial charge is 0.495 e. The van der Waals surface area contributed by atoms with Crippen LogP contribution in [0.15, 0.2) is 48.5 Å². The van der Waals surface area contributed by atoms with Crippen LogP contribution in [0.3, 0.4) is 0 Å². The van der Waals surface area contributed by atoms with Gasteiger partial charge in [-0.15, -0.1) is 0 Å². The summed E-state index contributed by atoms with van der Waals surface area (Å²) < 4.78 is 82.5. The molecule has 0 saturated carbocycles. The molecule has 0 radical (unpaired) electrons. The van der Waals surface area contributed by atoms with Gasteiger partial charge in [-0.3, -0.25) is 4.79 Å². The molecule has 0 saturated heterocycles. The minimum atomic E-state index is -6.07. The van der Waals surface area contributed by atoms with Gasteiger partial charge < -0.3 is 10.1 Å². The Labute approximate surface area is 154 Å². The first-order valence-electron chi connectivity index (χ1n) is 7.29. The fourth-order valence-electron chi connectivity index (χ4n) is 2.24. The van der Waals surface area contributed by atoms with Gasteiger partial charge in [-0.05, 0) is 23.3 Å². The van der Waals surface area contributed by atoms with Crippen LogP contribution in [0.4, 0.5) is 32.0 Å². The van der Waals surface area contributed by atoms with E-state index >= 15 is 0 Å². The highest BCUT2D eigenvalue weighted by molar-refractivity contribution is 6.38. The number of methoxy groups -OCH3 is 1. The third-order valence-electron chi connectivity index (χ3n) is 3.65. The van der Waals surface area contributed by atoms with Crippen LogP contribution in [0.25, 0.3) is 11.1 Å². The summed E-state index contributed by atoms with van der Waals surface area (Å²) in [5.74, 6) is -2.61. The van der Waals surface area contributed by atoms with Crippen molar-refractivity contribution in [1.29, 1.82) is 0 Å². The van der Waals surface area contributed by atoms with Gasteiger partial charge in [-0.2, -0.15) is 26.3 Å². The number of hydrogen-bond acceptors (Lipinski definition) is 2. The average molecular weight is 412 g/mol. The molecule has 0 aromatic heterocycles. The monoisotopic (exact) mass is 411 g/mol. The Bertz CT molecular complexity index is 806. The summed E-state index contributed by atoms with van der Waals surface area (Å²) in [6.45, 7) is 0. The molecule has 0 unspecified atom stereocenters. The Morgan fingerprint density at radius 2 is 1.48 bits per heavy atom. The van der Waals surface area contributed by atoms with E-state index in [9.17, 15) is 31.1 Å². The van der Waals surface area contributed by atoms with Crippen molar-refractivity contribution in [1.82, 2.24) is 0 Å². The molecule has 0 spiro atoms. The van der Waals surface area contributed by atoms with Crippen molar-refractivity contribution in [3.8, 4) is 16.9 Å². The quantitative estimate of drug-likeness (QED) is 0.540. The SMILES string of the molecule is COc1ccc(-c2ccccc2)cc1NC(=O)C(Cl)(C(F)(F)F)C(F)(F)F. The van der Waals surface area contributed by atoms with Crippen molar-refractivity contribution >= 4 is 23.2 Å². The van der Waals surface area contributed by atoms with E-state index in [0.717, 1.165) is 7.11 Å². The number of anilines is 1. The van der Waals surface area contributed by atoms with Crippen molar-refractivity contribution < 1.29 is 35.9 Å². The molecule has 3 nitrogen and oxygen atoms in total. The molecule has 2 aromatic rings. The zero-order valence-electron chi connectivity index (χ0n) is 13.6. The van der Waals surface area contributed by atoms with Gasteiger partial charge in [0.15, 0.2) is 0 Å². The van der Waals surface area contributed by atoms with Crippen molar-refractivity contribution in [2.75, 3.05) is 12.4 Å². The second-order valence-electron chi connectivity index (χ2n) is 5.39. The number of rotatable bonds is 4. The van der Waals surface area contributed by atoms with Gasteiger partial charge in [-0.1, -0.05) is 48.0 Å². The third-order valence-corrected chi connectivity index (χ3v) is 4.25. The molecule has 10 heteroatoms. The molecule has 0 aliphatic carbocycles. The Morgan fingerprint density at radius 1 is 0.926 bits per heavy atom. The molecular weight excluding hydrogens is 400 g/mol. The predicted molar refractivity (Wildman–Crippen MR) is 87.8 cm³/mol. The number of carbonyl (C=O) groups excluding carboxylic acids is 1. The van der Waals surface area contributed by atoms with Gasteiger partial charge in [0.25, 0.3) is 5.91 Å². The highest BCUT2D eigenvalue weighted by Gasteiger charge is 2.75. The van der Waals surface area contributed by atoms with Crippen molar-refractivity contribution in [3.05, 3.63) is 48.5 Å². The summed E-state index contributed by atoms with van der Waals surface area (Å²) in [5, 5.41) is 1.59. The zero-order chi connectivity index (χ0) is 20.5. The number of carbonyl (C=O) groups is 1. The number of amides is 1. The van der Waals surface area contributed by atoms with E-state index in [1.807, 2.05) is 0 Å². The normalized spacial score (nSPS) is 12.6. The molecule has 146 valence electrons. The van der Waals surface area contributed by atoms with Gasteiger partial charge in [0.05, 0.1) is 12.8 Å². The first-order valence-corrected chi connectivity index (χ1v) is 7.67. The molecule has 1 N–H and O–H groups in total. The first kappa shape index (κ1) is 20.9. The number of alkyl halides is 7. The zero-order valence-corrected chi connectivity index (χ0v) is 14.3. The Balaban J connectivity index is 2.47. The fraction of sp³-hybridized carbons (Fsp3) is 0.235. The average Bonchev–Trinajstić information content (AvgIpc) is 2.59. The lowest BCUT2D eigenvalue weighted by Gasteiger charge is -2.30. The maximum atomic E-state index is 12.9. The maximum absolute atomic E-state index is 12.9. The lowest BCUT2D eigenvalue weighted by atomic mass is 10.0. The summed E-state index contributed by atoms with van der Waals surface area (Å²) in [6, 6.07) is 12.5. The number of nitrogens with one attached hydrogen (secondary N) is 1. The highest BCUT2D eigenvalue weighted by atomic mass is 35.5. The maximum Gasteiger partial charge on any atom is 0.425 e. The van der Waals surface area contributed by atoms with Crippen molar-refractivity contribution in [3.63, 3.8) is 0 Å². The fourth-order valence-corrected chi connectivity index (χ4v) is 2.29. The summed E-state index contributed by atoms with van der Waals surface area (Å²) in [5.41, 5.74) is 0.674. The second kappa shape index (κ2) is 7.30. The van der Waals surface area contributed by atoms with Crippen LogP contribution in [0.5, 0.6) is 5.75 Å². The molecule has 2 aromatic carbocycles. The van der Waals surface area contributed by atoms with Crippen LogP contribution in [0, 0.1) is 0 Å². The van der Waals surface area contributed by atoms with Crippen molar-refractivity contribution in [2.24, 2.45) is 0 Å². The number of ether oxygens (including phenoxy) is 1. The van der Waals surface area contributed by atoms with Gasteiger partial charge in [-0.25, -0.2) is 0 Å². The summed E-state index contributed by atoms with van der Waals surface area (Å²) in [7, 11) is 1.15. The molecule has 0 heterocycles. The molecule has 1 amide bonds.